The van der Waals surface area contributed by atoms with E-state index in [-0.39, 0.29) is 11.6 Å². The fourth-order valence-electron chi connectivity index (χ4n) is 1.72. The summed E-state index contributed by atoms with van der Waals surface area (Å²) in [6, 6.07) is 10.0. The van der Waals surface area contributed by atoms with E-state index in [0.29, 0.717) is 25.2 Å². The Morgan fingerprint density at radius 1 is 1.47 bits per heavy atom. The van der Waals surface area contributed by atoms with E-state index < -0.39 is 0 Å². The molecule has 2 rings (SSSR count). The second-order valence-electron chi connectivity index (χ2n) is 4.32. The third-order valence-corrected chi connectivity index (χ3v) is 2.88. The molecular weight excluding hydrogens is 216 g/mol. The summed E-state index contributed by atoms with van der Waals surface area (Å²) in [4.78, 5) is 11.2. The Kier molecular flexibility index (Phi) is 3.29. The van der Waals surface area contributed by atoms with Crippen molar-refractivity contribution < 1.29 is 14.3 Å². The number of rotatable bonds is 5. The summed E-state index contributed by atoms with van der Waals surface area (Å²) in [6.07, 6.45) is 0.691. The first-order valence-electron chi connectivity index (χ1n) is 5.66. The molecule has 1 aromatic rings. The third-order valence-electron chi connectivity index (χ3n) is 2.88. The standard InChI is InChI=1S/C14H16O3/c1-11(2)13(15)16-9-8-14(10-17-14)12-6-4-3-5-7-12/h3-7H,1,8-10H2,2H3. The van der Waals surface area contributed by atoms with Crippen molar-refractivity contribution in [1.29, 1.82) is 0 Å². The molecule has 0 bridgehead atoms. The van der Waals surface area contributed by atoms with Crippen LogP contribution in [0.5, 0.6) is 0 Å². The lowest BCUT2D eigenvalue weighted by atomic mass is 9.97. The van der Waals surface area contributed by atoms with E-state index >= 15 is 0 Å². The number of hydrogen-bond acceptors (Lipinski definition) is 3. The molecule has 1 atom stereocenters. The first-order valence-corrected chi connectivity index (χ1v) is 5.66. The van der Waals surface area contributed by atoms with Gasteiger partial charge in [0.25, 0.3) is 0 Å². The molecule has 1 fully saturated rings. The van der Waals surface area contributed by atoms with Gasteiger partial charge in [-0.25, -0.2) is 4.79 Å². The first-order chi connectivity index (χ1) is 8.14. The van der Waals surface area contributed by atoms with Gasteiger partial charge in [-0.15, -0.1) is 0 Å². The van der Waals surface area contributed by atoms with Crippen LogP contribution in [0.1, 0.15) is 18.9 Å². The summed E-state index contributed by atoms with van der Waals surface area (Å²) >= 11 is 0. The van der Waals surface area contributed by atoms with Crippen LogP contribution in [0.2, 0.25) is 0 Å². The van der Waals surface area contributed by atoms with Crippen LogP contribution in [0.15, 0.2) is 42.5 Å². The minimum absolute atomic E-state index is 0.239. The second kappa shape index (κ2) is 4.72. The molecule has 0 amide bonds. The molecule has 90 valence electrons. The maximum atomic E-state index is 11.2. The maximum absolute atomic E-state index is 11.2. The Bertz CT molecular complexity index is 418. The molecule has 1 aliphatic heterocycles. The highest BCUT2D eigenvalue weighted by molar-refractivity contribution is 5.86. The Morgan fingerprint density at radius 3 is 2.65 bits per heavy atom. The zero-order chi connectivity index (χ0) is 12.3. The molecule has 1 heterocycles. The van der Waals surface area contributed by atoms with Gasteiger partial charge in [0.05, 0.1) is 13.2 Å². The van der Waals surface area contributed by atoms with Gasteiger partial charge in [0.1, 0.15) is 5.60 Å². The van der Waals surface area contributed by atoms with E-state index in [4.69, 9.17) is 9.47 Å². The zero-order valence-electron chi connectivity index (χ0n) is 9.94. The van der Waals surface area contributed by atoms with Crippen LogP contribution < -0.4 is 0 Å². The highest BCUT2D eigenvalue weighted by Gasteiger charge is 2.46. The molecule has 0 aromatic heterocycles. The zero-order valence-corrected chi connectivity index (χ0v) is 9.94. The monoisotopic (exact) mass is 232 g/mol. The van der Waals surface area contributed by atoms with Crippen molar-refractivity contribution in [3.05, 3.63) is 48.0 Å². The van der Waals surface area contributed by atoms with Crippen LogP contribution in [-0.2, 0) is 19.9 Å². The van der Waals surface area contributed by atoms with E-state index in [1.54, 1.807) is 6.92 Å². The van der Waals surface area contributed by atoms with Gasteiger partial charge >= 0.3 is 5.97 Å². The first kappa shape index (κ1) is 11.9. The van der Waals surface area contributed by atoms with Crippen LogP contribution in [-0.4, -0.2) is 19.2 Å². The Morgan fingerprint density at radius 2 is 2.12 bits per heavy atom. The summed E-state index contributed by atoms with van der Waals surface area (Å²) in [5, 5.41) is 0. The molecule has 17 heavy (non-hydrogen) atoms. The molecule has 1 aromatic carbocycles. The summed E-state index contributed by atoms with van der Waals surface area (Å²) in [5.74, 6) is -0.339. The van der Waals surface area contributed by atoms with Gasteiger partial charge in [0.2, 0.25) is 0 Å². The van der Waals surface area contributed by atoms with Crippen LogP contribution >= 0.6 is 0 Å². The molecule has 0 radical (unpaired) electrons. The number of benzene rings is 1. The van der Waals surface area contributed by atoms with E-state index in [0.717, 1.165) is 5.56 Å². The van der Waals surface area contributed by atoms with Gasteiger partial charge < -0.3 is 9.47 Å². The number of esters is 1. The Labute approximate surface area is 101 Å². The molecule has 0 saturated carbocycles. The molecule has 3 nitrogen and oxygen atoms in total. The largest absolute Gasteiger partial charge is 0.462 e. The maximum Gasteiger partial charge on any atom is 0.333 e. The lowest BCUT2D eigenvalue weighted by molar-refractivity contribution is -0.139. The van der Waals surface area contributed by atoms with Crippen LogP contribution in [0.4, 0.5) is 0 Å². The number of epoxide rings is 1. The lowest BCUT2D eigenvalue weighted by Gasteiger charge is -2.12. The van der Waals surface area contributed by atoms with Crippen molar-refractivity contribution in [2.24, 2.45) is 0 Å². The number of carbonyl (C=O) groups excluding carboxylic acids is 1. The highest BCUT2D eigenvalue weighted by atomic mass is 16.6. The summed E-state index contributed by atoms with van der Waals surface area (Å²) in [6.45, 7) is 6.24. The molecule has 0 aliphatic carbocycles. The Hall–Kier alpha value is -1.61. The fraction of sp³-hybridized carbons (Fsp3) is 0.357. The van der Waals surface area contributed by atoms with Crippen molar-refractivity contribution in [3.63, 3.8) is 0 Å². The molecule has 1 saturated heterocycles. The quantitative estimate of drug-likeness (QED) is 0.444. The molecule has 1 aliphatic rings. The van der Waals surface area contributed by atoms with Crippen LogP contribution in [0.3, 0.4) is 0 Å². The average Bonchev–Trinajstić information content (AvgIpc) is 3.11. The molecule has 0 spiro atoms. The van der Waals surface area contributed by atoms with E-state index in [9.17, 15) is 4.79 Å². The van der Waals surface area contributed by atoms with Gasteiger partial charge in [0.15, 0.2) is 0 Å². The normalized spacial score (nSPS) is 21.9. The van der Waals surface area contributed by atoms with Crippen molar-refractivity contribution in [1.82, 2.24) is 0 Å². The molecule has 3 heteroatoms. The number of carbonyl (C=O) groups is 1. The fourth-order valence-corrected chi connectivity index (χ4v) is 1.72. The van der Waals surface area contributed by atoms with E-state index in [2.05, 4.69) is 6.58 Å². The Balaban J connectivity index is 1.88. The van der Waals surface area contributed by atoms with Gasteiger partial charge in [-0.3, -0.25) is 0 Å². The summed E-state index contributed by atoms with van der Waals surface area (Å²) in [5.41, 5.74) is 1.33. The average molecular weight is 232 g/mol. The minimum Gasteiger partial charge on any atom is -0.462 e. The predicted octanol–water partition coefficient (Wildman–Crippen LogP) is 2.42. The topological polar surface area (TPSA) is 38.8 Å². The highest BCUT2D eigenvalue weighted by Crippen LogP contribution is 2.41. The van der Waals surface area contributed by atoms with Crippen molar-refractivity contribution in [3.8, 4) is 0 Å². The van der Waals surface area contributed by atoms with E-state index in [1.165, 1.54) is 0 Å². The van der Waals surface area contributed by atoms with Crippen LogP contribution in [0.25, 0.3) is 0 Å². The minimum atomic E-state index is -0.339. The van der Waals surface area contributed by atoms with Gasteiger partial charge in [0, 0.05) is 12.0 Å². The van der Waals surface area contributed by atoms with Crippen molar-refractivity contribution >= 4 is 5.97 Å². The van der Waals surface area contributed by atoms with Gasteiger partial charge in [-0.05, 0) is 12.5 Å². The second-order valence-corrected chi connectivity index (χ2v) is 4.32. The van der Waals surface area contributed by atoms with Gasteiger partial charge in [-0.2, -0.15) is 0 Å². The summed E-state index contributed by atoms with van der Waals surface area (Å²) < 4.78 is 10.6. The number of ether oxygens (including phenoxy) is 2. The smallest absolute Gasteiger partial charge is 0.333 e. The molecular formula is C14H16O3. The summed E-state index contributed by atoms with van der Waals surface area (Å²) in [7, 11) is 0. The third kappa shape index (κ3) is 2.74. The lowest BCUT2D eigenvalue weighted by Crippen LogP contribution is -2.15. The predicted molar refractivity (Wildman–Crippen MR) is 64.5 cm³/mol. The van der Waals surface area contributed by atoms with Gasteiger partial charge in [-0.1, -0.05) is 36.9 Å². The van der Waals surface area contributed by atoms with Crippen molar-refractivity contribution in [2.75, 3.05) is 13.2 Å². The van der Waals surface area contributed by atoms with Crippen molar-refractivity contribution in [2.45, 2.75) is 18.9 Å². The molecule has 1 unspecified atom stereocenters. The SMILES string of the molecule is C=C(C)C(=O)OCCC1(c2ccccc2)CO1. The van der Waals surface area contributed by atoms with Crippen LogP contribution in [0, 0.1) is 0 Å². The molecule has 0 N–H and O–H groups in total. The van der Waals surface area contributed by atoms with E-state index in [1.807, 2.05) is 30.3 Å². The number of hydrogen-bond donors (Lipinski definition) is 0.